The number of ether oxygens (including phenoxy) is 1. The van der Waals surface area contributed by atoms with Gasteiger partial charge >= 0.3 is 5.97 Å². The van der Waals surface area contributed by atoms with E-state index in [4.69, 9.17) is 4.74 Å². The molecule has 1 aliphatic heterocycles. The molecule has 1 aliphatic rings. The molecular formula is C25H30F3NO3. The van der Waals surface area contributed by atoms with Crippen molar-refractivity contribution in [2.24, 2.45) is 5.92 Å². The second kappa shape index (κ2) is 10.4. The first-order chi connectivity index (χ1) is 15.3. The van der Waals surface area contributed by atoms with E-state index in [0.29, 0.717) is 30.5 Å². The van der Waals surface area contributed by atoms with Gasteiger partial charge in [0.25, 0.3) is 0 Å². The number of rotatable bonds is 9. The highest BCUT2D eigenvalue weighted by Crippen LogP contribution is 2.35. The average Bonchev–Trinajstić information content (AvgIpc) is 2.78. The zero-order valence-corrected chi connectivity index (χ0v) is 18.5. The molecule has 1 fully saturated rings. The van der Waals surface area contributed by atoms with Crippen LogP contribution in [-0.4, -0.2) is 47.9 Å². The van der Waals surface area contributed by atoms with Crippen LogP contribution in [-0.2, 0) is 0 Å². The second-order valence-electron chi connectivity index (χ2n) is 8.51. The minimum atomic E-state index is -1.40. The van der Waals surface area contributed by atoms with Crippen molar-refractivity contribution >= 4 is 5.97 Å². The number of hydrogen-bond acceptors (Lipinski definition) is 3. The maximum Gasteiger partial charge on any atom is 0.338 e. The van der Waals surface area contributed by atoms with E-state index in [-0.39, 0.29) is 18.3 Å². The van der Waals surface area contributed by atoms with Gasteiger partial charge in [0.05, 0.1) is 12.2 Å². The molecule has 0 aromatic heterocycles. The van der Waals surface area contributed by atoms with E-state index in [9.17, 15) is 18.7 Å². The summed E-state index contributed by atoms with van der Waals surface area (Å²) in [5.41, 5.74) is -0.959. The van der Waals surface area contributed by atoms with E-state index < -0.39 is 28.8 Å². The van der Waals surface area contributed by atoms with E-state index in [0.717, 1.165) is 32.0 Å². The first kappa shape index (κ1) is 24.1. The van der Waals surface area contributed by atoms with Crippen LogP contribution >= 0.6 is 0 Å². The molecule has 7 heteroatoms. The molecule has 1 N–H and O–H groups in total. The Kier molecular flexibility index (Phi) is 7.82. The van der Waals surface area contributed by atoms with Gasteiger partial charge in [0.15, 0.2) is 11.6 Å². The Hall–Kier alpha value is -2.54. The highest BCUT2D eigenvalue weighted by atomic mass is 19.1. The van der Waals surface area contributed by atoms with E-state index in [1.165, 1.54) is 24.3 Å². The third kappa shape index (κ3) is 5.63. The number of benzene rings is 2. The summed E-state index contributed by atoms with van der Waals surface area (Å²) in [7, 11) is 0. The Balaban J connectivity index is 1.72. The summed E-state index contributed by atoms with van der Waals surface area (Å²) in [5.74, 6) is -2.89. The number of carboxylic acid groups (broad SMARTS) is 1. The Morgan fingerprint density at radius 3 is 2.44 bits per heavy atom. The van der Waals surface area contributed by atoms with Gasteiger partial charge in [0.1, 0.15) is 11.5 Å². The Labute approximate surface area is 187 Å². The molecule has 4 nitrogen and oxygen atoms in total. The number of nitrogens with zero attached hydrogens (tertiary/aromatic N) is 1. The van der Waals surface area contributed by atoms with E-state index in [2.05, 4.69) is 4.90 Å². The Bertz CT molecular complexity index is 938. The number of carboxylic acids is 1. The molecule has 1 saturated heterocycles. The molecule has 0 radical (unpaired) electrons. The maximum absolute atomic E-state index is 15.0. The van der Waals surface area contributed by atoms with Gasteiger partial charge in [0, 0.05) is 12.1 Å². The fourth-order valence-corrected chi connectivity index (χ4v) is 4.13. The standard InChI is InChI=1S/C25H30F3NO3/c1-3-25(28,4-2)16-29-12-10-17(11-13-29)15-32-23-20(18-6-5-7-19(26)14-18)8-9-21(22(23)27)24(30)31/h5-9,14,17H,3-4,10-13,15-16H2,1-2H3,(H,30,31). The molecular weight excluding hydrogens is 419 g/mol. The zero-order valence-electron chi connectivity index (χ0n) is 18.5. The van der Waals surface area contributed by atoms with Gasteiger partial charge in [-0.05, 0) is 74.5 Å². The maximum atomic E-state index is 15.0. The molecule has 0 atom stereocenters. The van der Waals surface area contributed by atoms with Gasteiger partial charge in [-0.25, -0.2) is 18.0 Å². The summed E-state index contributed by atoms with van der Waals surface area (Å²) in [4.78, 5) is 13.5. The molecule has 0 aliphatic carbocycles. The lowest BCUT2D eigenvalue weighted by molar-refractivity contribution is 0.0564. The van der Waals surface area contributed by atoms with Crippen molar-refractivity contribution in [2.75, 3.05) is 26.2 Å². The van der Waals surface area contributed by atoms with Crippen LogP contribution in [0.2, 0.25) is 0 Å². The normalized spacial score (nSPS) is 15.7. The monoisotopic (exact) mass is 449 g/mol. The number of aromatic carboxylic acids is 1. The van der Waals surface area contributed by atoms with Crippen LogP contribution in [0.3, 0.4) is 0 Å². The van der Waals surface area contributed by atoms with Crippen LogP contribution in [0.4, 0.5) is 13.2 Å². The third-order valence-corrected chi connectivity index (χ3v) is 6.41. The molecule has 32 heavy (non-hydrogen) atoms. The van der Waals surface area contributed by atoms with Crippen LogP contribution in [0.25, 0.3) is 11.1 Å². The van der Waals surface area contributed by atoms with Gasteiger partial charge < -0.3 is 14.7 Å². The van der Waals surface area contributed by atoms with Crippen molar-refractivity contribution < 1.29 is 27.8 Å². The van der Waals surface area contributed by atoms with Crippen LogP contribution < -0.4 is 4.74 Å². The fraction of sp³-hybridized carbons (Fsp3) is 0.480. The lowest BCUT2D eigenvalue weighted by Crippen LogP contribution is -2.44. The molecule has 0 amide bonds. The first-order valence-electron chi connectivity index (χ1n) is 11.1. The quantitative estimate of drug-likeness (QED) is 0.514. The minimum Gasteiger partial charge on any atom is -0.490 e. The van der Waals surface area contributed by atoms with E-state index >= 15 is 4.39 Å². The Morgan fingerprint density at radius 1 is 1.16 bits per heavy atom. The van der Waals surface area contributed by atoms with E-state index in [1.54, 1.807) is 6.07 Å². The highest BCUT2D eigenvalue weighted by Gasteiger charge is 2.30. The SMILES string of the molecule is CCC(F)(CC)CN1CCC(COc2c(-c3cccc(F)c3)ccc(C(=O)O)c2F)CC1. The van der Waals surface area contributed by atoms with Crippen LogP contribution in [0, 0.1) is 17.6 Å². The van der Waals surface area contributed by atoms with Crippen molar-refractivity contribution in [2.45, 2.75) is 45.2 Å². The van der Waals surface area contributed by atoms with Crippen LogP contribution in [0.1, 0.15) is 49.9 Å². The molecule has 3 rings (SSSR count). The van der Waals surface area contributed by atoms with E-state index in [1.807, 2.05) is 13.8 Å². The number of halogens is 3. The van der Waals surface area contributed by atoms with Gasteiger partial charge in [0.2, 0.25) is 0 Å². The van der Waals surface area contributed by atoms with Crippen molar-refractivity contribution in [3.8, 4) is 16.9 Å². The average molecular weight is 450 g/mol. The summed E-state index contributed by atoms with van der Waals surface area (Å²) in [6.45, 7) is 5.80. The van der Waals surface area contributed by atoms with Crippen molar-refractivity contribution in [1.82, 2.24) is 4.90 Å². The third-order valence-electron chi connectivity index (χ3n) is 6.41. The smallest absolute Gasteiger partial charge is 0.338 e. The molecule has 1 heterocycles. The predicted molar refractivity (Wildman–Crippen MR) is 118 cm³/mol. The predicted octanol–water partition coefficient (Wildman–Crippen LogP) is 5.95. The second-order valence-corrected chi connectivity index (χ2v) is 8.51. The largest absolute Gasteiger partial charge is 0.490 e. The Morgan fingerprint density at radius 2 is 1.84 bits per heavy atom. The lowest BCUT2D eigenvalue weighted by atomic mass is 9.94. The van der Waals surface area contributed by atoms with Gasteiger partial charge in [-0.15, -0.1) is 0 Å². The molecule has 0 saturated carbocycles. The number of piperidine rings is 1. The molecule has 2 aromatic carbocycles. The first-order valence-corrected chi connectivity index (χ1v) is 11.1. The molecule has 2 aromatic rings. The summed E-state index contributed by atoms with van der Waals surface area (Å²) in [6.07, 6.45) is 2.52. The van der Waals surface area contributed by atoms with Crippen molar-refractivity contribution in [3.63, 3.8) is 0 Å². The molecule has 0 unspecified atom stereocenters. The summed E-state index contributed by atoms with van der Waals surface area (Å²) in [6, 6.07) is 8.26. The van der Waals surface area contributed by atoms with Gasteiger partial charge in [-0.3, -0.25) is 0 Å². The number of likely N-dealkylation sites (tertiary alicyclic amines) is 1. The fourth-order valence-electron chi connectivity index (χ4n) is 4.13. The summed E-state index contributed by atoms with van der Waals surface area (Å²) < 4.78 is 49.2. The number of hydrogen-bond donors (Lipinski definition) is 1. The number of alkyl halides is 1. The summed E-state index contributed by atoms with van der Waals surface area (Å²) in [5, 5.41) is 9.28. The number of carbonyl (C=O) groups is 1. The van der Waals surface area contributed by atoms with Crippen molar-refractivity contribution in [3.05, 3.63) is 53.6 Å². The highest BCUT2D eigenvalue weighted by molar-refractivity contribution is 5.90. The molecule has 0 spiro atoms. The summed E-state index contributed by atoms with van der Waals surface area (Å²) >= 11 is 0. The topological polar surface area (TPSA) is 49.8 Å². The van der Waals surface area contributed by atoms with Crippen LogP contribution in [0.5, 0.6) is 5.75 Å². The minimum absolute atomic E-state index is 0.136. The zero-order chi connectivity index (χ0) is 23.3. The van der Waals surface area contributed by atoms with Gasteiger partial charge in [-0.1, -0.05) is 26.0 Å². The van der Waals surface area contributed by atoms with Gasteiger partial charge in [-0.2, -0.15) is 0 Å². The van der Waals surface area contributed by atoms with Crippen molar-refractivity contribution in [1.29, 1.82) is 0 Å². The molecule has 174 valence electrons. The van der Waals surface area contributed by atoms with Crippen LogP contribution in [0.15, 0.2) is 36.4 Å². The lowest BCUT2D eigenvalue weighted by Gasteiger charge is -2.36. The molecule has 0 bridgehead atoms.